The van der Waals surface area contributed by atoms with Gasteiger partial charge in [-0.1, -0.05) is 6.42 Å². The number of rotatable bonds is 10. The van der Waals surface area contributed by atoms with Gasteiger partial charge in [-0.25, -0.2) is 0 Å². The smallest absolute Gasteiger partial charge is 0.335 e. The molecule has 172 valence electrons. The van der Waals surface area contributed by atoms with Crippen molar-refractivity contribution in [1.82, 2.24) is 25.7 Å². The van der Waals surface area contributed by atoms with Crippen molar-refractivity contribution in [3.05, 3.63) is 23.6 Å². The molecular formula is C15H21N5O9S2. The van der Waals surface area contributed by atoms with Crippen molar-refractivity contribution in [2.75, 3.05) is 6.54 Å². The van der Waals surface area contributed by atoms with Crippen molar-refractivity contribution in [3.8, 4) is 0 Å². The minimum Gasteiger partial charge on any atom is -0.481 e. The maximum atomic E-state index is 12.5. The number of hydrogen-bond acceptors (Lipinski definition) is 12. The van der Waals surface area contributed by atoms with Crippen LogP contribution < -0.4 is 5.32 Å². The zero-order valence-electron chi connectivity index (χ0n) is 16.6. The van der Waals surface area contributed by atoms with Gasteiger partial charge < -0.3 is 19.3 Å². The summed E-state index contributed by atoms with van der Waals surface area (Å²) in [6, 6.07) is 0. The van der Waals surface area contributed by atoms with Crippen LogP contribution in [0.25, 0.3) is 0 Å². The number of aliphatic carboxylic acids is 1. The molecule has 1 unspecified atom stereocenters. The summed E-state index contributed by atoms with van der Waals surface area (Å²) in [4.78, 5) is 22.9. The summed E-state index contributed by atoms with van der Waals surface area (Å²) in [5, 5.41) is 26.7. The summed E-state index contributed by atoms with van der Waals surface area (Å²) in [6.07, 6.45) is 2.29. The highest BCUT2D eigenvalue weighted by Gasteiger charge is 2.28. The summed E-state index contributed by atoms with van der Waals surface area (Å²) in [5.74, 6) is -0.535. The number of aryl methyl sites for hydroxylation is 2. The molecule has 2 aromatic rings. The molecule has 2 heterocycles. The number of hydrogen-bond donors (Lipinski definition) is 2. The molecule has 2 N–H and O–H groups in total. The van der Waals surface area contributed by atoms with Crippen molar-refractivity contribution in [3.63, 3.8) is 0 Å². The molecule has 0 aromatic carbocycles. The van der Waals surface area contributed by atoms with E-state index in [1.165, 1.54) is 0 Å². The minimum atomic E-state index is -0.814. The van der Waals surface area contributed by atoms with E-state index in [1.54, 1.807) is 13.8 Å². The van der Waals surface area contributed by atoms with Gasteiger partial charge >= 0.3 is 29.1 Å². The zero-order valence-corrected chi connectivity index (χ0v) is 18.3. The Labute approximate surface area is 183 Å². The summed E-state index contributed by atoms with van der Waals surface area (Å²) >= 11 is -1.50. The van der Waals surface area contributed by atoms with Gasteiger partial charge in [-0.15, -0.1) is 20.4 Å². The fourth-order valence-corrected chi connectivity index (χ4v) is 2.25. The first kappa shape index (κ1) is 27.9. The van der Waals surface area contributed by atoms with Gasteiger partial charge in [0.05, 0.1) is 0 Å². The fraction of sp³-hybridized carbons (Fsp3) is 0.600. The molecule has 0 fully saturated rings. The number of nitrogens with zero attached hydrogens (tertiary/aromatic N) is 4. The van der Waals surface area contributed by atoms with Gasteiger partial charge in [-0.2, -0.15) is 16.8 Å². The summed E-state index contributed by atoms with van der Waals surface area (Å²) < 4.78 is 43.9. The van der Waals surface area contributed by atoms with E-state index in [-0.39, 0.29) is 24.6 Å². The Morgan fingerprint density at radius 2 is 1.52 bits per heavy atom. The molecule has 0 radical (unpaired) electrons. The molecule has 0 saturated carbocycles. The van der Waals surface area contributed by atoms with Crippen LogP contribution in [0.15, 0.2) is 8.83 Å². The van der Waals surface area contributed by atoms with Crippen LogP contribution in [0, 0.1) is 13.8 Å². The predicted octanol–water partition coefficient (Wildman–Crippen LogP) is -0.183. The molecule has 16 heteroatoms. The van der Waals surface area contributed by atoms with Gasteiger partial charge in [0.1, 0.15) is 5.92 Å². The second kappa shape index (κ2) is 16.6. The lowest BCUT2D eigenvalue weighted by molar-refractivity contribution is -0.137. The van der Waals surface area contributed by atoms with Crippen LogP contribution in [-0.2, 0) is 39.2 Å². The highest BCUT2D eigenvalue weighted by molar-refractivity contribution is 7.51. The Morgan fingerprint density at radius 3 is 2.00 bits per heavy atom. The molecule has 2 aromatic heterocycles. The molecular weight excluding hydrogens is 458 g/mol. The van der Waals surface area contributed by atoms with Gasteiger partial charge in [0.2, 0.25) is 29.5 Å². The molecule has 31 heavy (non-hydrogen) atoms. The lowest BCUT2D eigenvalue weighted by Gasteiger charge is -2.11. The van der Waals surface area contributed by atoms with Crippen LogP contribution in [0.3, 0.4) is 0 Å². The maximum Gasteiger partial charge on any atom is 0.335 e. The molecule has 14 nitrogen and oxygen atoms in total. The Kier molecular flexibility index (Phi) is 15.0. The van der Waals surface area contributed by atoms with Gasteiger partial charge in [0.15, 0.2) is 0 Å². The molecule has 0 spiro atoms. The number of carbonyl (C=O) groups excluding carboxylic acids is 1. The van der Waals surface area contributed by atoms with Crippen molar-refractivity contribution >= 4 is 35.0 Å². The minimum absolute atomic E-state index is 0.133. The first-order valence-electron chi connectivity index (χ1n) is 8.71. The lowest BCUT2D eigenvalue weighted by atomic mass is 10.0. The van der Waals surface area contributed by atoms with E-state index in [9.17, 15) is 9.59 Å². The van der Waals surface area contributed by atoms with Crippen molar-refractivity contribution in [2.24, 2.45) is 0 Å². The summed E-state index contributed by atoms with van der Waals surface area (Å²) in [5.41, 5.74) is 0. The molecule has 2 rings (SSSR count). The van der Waals surface area contributed by atoms with E-state index in [4.69, 9.17) is 30.8 Å². The second-order valence-electron chi connectivity index (χ2n) is 5.76. The first-order valence-corrected chi connectivity index (χ1v) is 10.0. The third kappa shape index (κ3) is 12.9. The molecule has 1 atom stereocenters. The normalized spacial score (nSPS) is 10.5. The Morgan fingerprint density at radius 1 is 0.935 bits per heavy atom. The van der Waals surface area contributed by atoms with Gasteiger partial charge in [0.25, 0.3) is 0 Å². The number of amides is 1. The van der Waals surface area contributed by atoms with E-state index < -0.39 is 35.0 Å². The Bertz CT molecular complexity index is 877. The number of aromatic nitrogens is 4. The number of nitrogens with one attached hydrogen (secondary N) is 1. The van der Waals surface area contributed by atoms with Crippen LogP contribution in [-0.4, -0.2) is 60.8 Å². The maximum absolute atomic E-state index is 12.5. The SMILES string of the molecule is Cc1nnc(CC(C(=O)NCCCCCC(=O)O)c2nnc(C)o2)o1.O=S=O.O=S=O. The van der Waals surface area contributed by atoms with Crippen molar-refractivity contribution < 1.29 is 40.4 Å². The molecule has 0 bridgehead atoms. The highest BCUT2D eigenvalue weighted by Crippen LogP contribution is 2.20. The fourth-order valence-electron chi connectivity index (χ4n) is 2.25. The topological polar surface area (TPSA) is 213 Å². The van der Waals surface area contributed by atoms with Gasteiger partial charge in [-0.05, 0) is 12.8 Å². The van der Waals surface area contributed by atoms with Crippen LogP contribution in [0.4, 0.5) is 0 Å². The molecule has 0 aliphatic carbocycles. The van der Waals surface area contributed by atoms with E-state index >= 15 is 0 Å². The van der Waals surface area contributed by atoms with E-state index in [1.807, 2.05) is 0 Å². The molecule has 0 aliphatic rings. The average molecular weight is 479 g/mol. The monoisotopic (exact) mass is 479 g/mol. The number of carboxylic acid groups (broad SMARTS) is 1. The Balaban J connectivity index is 0.00000134. The number of carboxylic acids is 1. The molecule has 0 saturated heterocycles. The number of unbranched alkanes of at least 4 members (excludes halogenated alkanes) is 2. The summed E-state index contributed by atoms with van der Waals surface area (Å²) in [7, 11) is 0. The second-order valence-corrected chi connectivity index (χ2v) is 6.03. The molecule has 1 amide bonds. The Hall–Kier alpha value is -3.14. The van der Waals surface area contributed by atoms with Crippen LogP contribution in [0.1, 0.15) is 55.2 Å². The quantitative estimate of drug-likeness (QED) is 0.423. The van der Waals surface area contributed by atoms with Gasteiger partial charge in [-0.3, -0.25) is 9.59 Å². The lowest BCUT2D eigenvalue weighted by Crippen LogP contribution is -2.31. The van der Waals surface area contributed by atoms with Gasteiger partial charge in [0, 0.05) is 33.2 Å². The summed E-state index contributed by atoms with van der Waals surface area (Å²) in [6.45, 7) is 3.75. The van der Waals surface area contributed by atoms with Crippen molar-refractivity contribution in [2.45, 2.75) is 51.9 Å². The standard InChI is InChI=1S/C15H21N5O5.2O2S/c1-9-17-19-12(24-9)8-11(15-20-18-10(2)25-15)14(23)16-7-5-3-4-6-13(21)22;2*1-3-2/h11H,3-8H2,1-2H3,(H,16,23)(H,21,22);;. The number of carbonyl (C=O) groups is 2. The van der Waals surface area contributed by atoms with Crippen molar-refractivity contribution in [1.29, 1.82) is 0 Å². The molecule has 0 aliphatic heterocycles. The first-order chi connectivity index (χ1) is 14.8. The van der Waals surface area contributed by atoms with Crippen LogP contribution >= 0.6 is 0 Å². The highest BCUT2D eigenvalue weighted by atomic mass is 32.1. The predicted molar refractivity (Wildman–Crippen MR) is 101 cm³/mol. The third-order valence-electron chi connectivity index (χ3n) is 3.47. The van der Waals surface area contributed by atoms with Crippen LogP contribution in [0.2, 0.25) is 0 Å². The van der Waals surface area contributed by atoms with E-state index in [2.05, 4.69) is 25.7 Å². The zero-order chi connectivity index (χ0) is 23.6. The van der Waals surface area contributed by atoms with E-state index in [0.29, 0.717) is 37.1 Å². The van der Waals surface area contributed by atoms with E-state index in [0.717, 1.165) is 6.42 Å². The third-order valence-corrected chi connectivity index (χ3v) is 3.47. The average Bonchev–Trinajstić information content (AvgIpc) is 3.31. The largest absolute Gasteiger partial charge is 0.481 e. The van der Waals surface area contributed by atoms with Crippen LogP contribution in [0.5, 0.6) is 0 Å².